The molecule has 4 rings (SSSR count). The van der Waals surface area contributed by atoms with Crippen LogP contribution in [0.3, 0.4) is 0 Å². The van der Waals surface area contributed by atoms with Gasteiger partial charge in [-0.25, -0.2) is 9.37 Å². The quantitative estimate of drug-likeness (QED) is 0.570. The maximum atomic E-state index is 13.2. The standard InChI is InChI=1S/C18H12FN3OS/c19-12-5-3-4-11(8-12)18(23)20-13-9-16(24-10-13)17-21-14-6-1-2-7-15(14)22-17/h1-10H,(H,20,23)(H,21,22). The number of aromatic amines is 1. The maximum absolute atomic E-state index is 13.2. The number of thiophene rings is 1. The smallest absolute Gasteiger partial charge is 0.255 e. The van der Waals surface area contributed by atoms with Crippen molar-refractivity contribution in [1.29, 1.82) is 0 Å². The molecule has 0 bridgehead atoms. The van der Waals surface area contributed by atoms with Crippen molar-refractivity contribution >= 4 is 34.0 Å². The van der Waals surface area contributed by atoms with E-state index in [0.717, 1.165) is 21.7 Å². The molecule has 2 N–H and O–H groups in total. The van der Waals surface area contributed by atoms with E-state index in [0.29, 0.717) is 5.69 Å². The SMILES string of the molecule is O=C(Nc1csc(-c2nc3ccccc3[nH]2)c1)c1cccc(F)c1. The van der Waals surface area contributed by atoms with Crippen molar-refractivity contribution in [3.63, 3.8) is 0 Å². The number of anilines is 1. The van der Waals surface area contributed by atoms with Crippen molar-refractivity contribution in [3.05, 3.63) is 71.4 Å². The van der Waals surface area contributed by atoms with E-state index in [1.165, 1.54) is 29.5 Å². The first-order valence-electron chi connectivity index (χ1n) is 7.29. The Bertz CT molecular complexity index is 1000. The predicted molar refractivity (Wildman–Crippen MR) is 93.8 cm³/mol. The molecule has 2 heterocycles. The Morgan fingerprint density at radius 2 is 2.00 bits per heavy atom. The van der Waals surface area contributed by atoms with Crippen LogP contribution in [-0.2, 0) is 0 Å². The molecule has 118 valence electrons. The van der Waals surface area contributed by atoms with Gasteiger partial charge in [0.15, 0.2) is 0 Å². The lowest BCUT2D eigenvalue weighted by Gasteiger charge is -2.02. The fourth-order valence-corrected chi connectivity index (χ4v) is 3.21. The van der Waals surface area contributed by atoms with E-state index < -0.39 is 5.82 Å². The molecule has 0 aliphatic heterocycles. The van der Waals surface area contributed by atoms with E-state index in [9.17, 15) is 9.18 Å². The molecule has 2 aromatic carbocycles. The third-order valence-electron chi connectivity index (χ3n) is 3.57. The highest BCUT2D eigenvalue weighted by molar-refractivity contribution is 7.14. The average Bonchev–Trinajstić information content (AvgIpc) is 3.21. The highest BCUT2D eigenvalue weighted by atomic mass is 32.1. The molecule has 0 radical (unpaired) electrons. The van der Waals surface area contributed by atoms with Crippen molar-refractivity contribution in [2.45, 2.75) is 0 Å². The highest BCUT2D eigenvalue weighted by Crippen LogP contribution is 2.29. The topological polar surface area (TPSA) is 57.8 Å². The van der Waals surface area contributed by atoms with Gasteiger partial charge in [0, 0.05) is 10.9 Å². The predicted octanol–water partition coefficient (Wildman–Crippen LogP) is 4.68. The zero-order valence-electron chi connectivity index (χ0n) is 12.4. The number of hydrogen-bond acceptors (Lipinski definition) is 3. The van der Waals surface area contributed by atoms with E-state index in [1.54, 1.807) is 6.07 Å². The van der Waals surface area contributed by atoms with Crippen LogP contribution in [0.4, 0.5) is 10.1 Å². The van der Waals surface area contributed by atoms with Gasteiger partial charge in [-0.05, 0) is 36.4 Å². The number of imidazole rings is 1. The molecule has 4 aromatic rings. The largest absolute Gasteiger partial charge is 0.337 e. The normalized spacial score (nSPS) is 10.9. The number of H-pyrrole nitrogens is 1. The highest BCUT2D eigenvalue weighted by Gasteiger charge is 2.11. The number of aromatic nitrogens is 2. The lowest BCUT2D eigenvalue weighted by atomic mass is 10.2. The second-order valence-electron chi connectivity index (χ2n) is 5.27. The molecular weight excluding hydrogens is 325 g/mol. The summed E-state index contributed by atoms with van der Waals surface area (Å²) in [5.74, 6) is -0.0214. The minimum absolute atomic E-state index is 0.284. The van der Waals surface area contributed by atoms with Crippen LogP contribution in [0.5, 0.6) is 0 Å². The summed E-state index contributed by atoms with van der Waals surface area (Å²) in [6.45, 7) is 0. The van der Waals surface area contributed by atoms with E-state index in [-0.39, 0.29) is 11.5 Å². The molecule has 0 saturated heterocycles. The van der Waals surface area contributed by atoms with Gasteiger partial charge >= 0.3 is 0 Å². The second kappa shape index (κ2) is 5.90. The minimum Gasteiger partial charge on any atom is -0.337 e. The number of fused-ring (bicyclic) bond motifs is 1. The Kier molecular flexibility index (Phi) is 3.59. The molecule has 0 saturated carbocycles. The van der Waals surface area contributed by atoms with Crippen LogP contribution in [0.25, 0.3) is 21.7 Å². The molecule has 24 heavy (non-hydrogen) atoms. The molecule has 0 aliphatic carbocycles. The van der Waals surface area contributed by atoms with Crippen LogP contribution in [0.2, 0.25) is 0 Å². The molecule has 6 heteroatoms. The average molecular weight is 337 g/mol. The van der Waals surface area contributed by atoms with Gasteiger partial charge in [-0.15, -0.1) is 11.3 Å². The molecule has 0 aliphatic rings. The Morgan fingerprint density at radius 3 is 2.83 bits per heavy atom. The molecular formula is C18H12FN3OS. The van der Waals surface area contributed by atoms with Crippen LogP contribution in [0, 0.1) is 5.82 Å². The Morgan fingerprint density at radius 1 is 1.12 bits per heavy atom. The number of nitrogens with zero attached hydrogens (tertiary/aromatic N) is 1. The third-order valence-corrected chi connectivity index (χ3v) is 4.50. The van der Waals surface area contributed by atoms with E-state index in [2.05, 4.69) is 15.3 Å². The molecule has 4 nitrogen and oxygen atoms in total. The van der Waals surface area contributed by atoms with Crippen molar-refractivity contribution in [2.75, 3.05) is 5.32 Å². The van der Waals surface area contributed by atoms with E-state index in [1.807, 2.05) is 35.7 Å². The van der Waals surface area contributed by atoms with Crippen molar-refractivity contribution in [1.82, 2.24) is 9.97 Å². The maximum Gasteiger partial charge on any atom is 0.255 e. The zero-order chi connectivity index (χ0) is 16.5. The van der Waals surface area contributed by atoms with Crippen molar-refractivity contribution in [2.24, 2.45) is 0 Å². The summed E-state index contributed by atoms with van der Waals surface area (Å²) in [5.41, 5.74) is 2.80. The summed E-state index contributed by atoms with van der Waals surface area (Å²) in [7, 11) is 0. The summed E-state index contributed by atoms with van der Waals surface area (Å²) in [6, 6.07) is 15.2. The van der Waals surface area contributed by atoms with Gasteiger partial charge in [0.1, 0.15) is 11.6 Å². The number of carbonyl (C=O) groups is 1. The van der Waals surface area contributed by atoms with Gasteiger partial charge in [0.25, 0.3) is 5.91 Å². The molecule has 0 atom stereocenters. The first kappa shape index (κ1) is 14.6. The summed E-state index contributed by atoms with van der Waals surface area (Å²) in [4.78, 5) is 20.9. The summed E-state index contributed by atoms with van der Waals surface area (Å²) in [6.07, 6.45) is 0. The van der Waals surface area contributed by atoms with Gasteiger partial charge in [0.2, 0.25) is 0 Å². The lowest BCUT2D eigenvalue weighted by Crippen LogP contribution is -2.11. The number of hydrogen-bond donors (Lipinski definition) is 2. The minimum atomic E-state index is -0.434. The van der Waals surface area contributed by atoms with Gasteiger partial charge in [-0.1, -0.05) is 18.2 Å². The number of benzene rings is 2. The first-order chi connectivity index (χ1) is 11.7. The lowest BCUT2D eigenvalue weighted by molar-refractivity contribution is 0.102. The summed E-state index contributed by atoms with van der Waals surface area (Å²) in [5, 5.41) is 4.61. The van der Waals surface area contributed by atoms with E-state index >= 15 is 0 Å². The zero-order valence-corrected chi connectivity index (χ0v) is 13.2. The van der Waals surface area contributed by atoms with Gasteiger partial charge in [-0.2, -0.15) is 0 Å². The molecule has 0 spiro atoms. The Balaban J connectivity index is 1.57. The summed E-state index contributed by atoms with van der Waals surface area (Å²) < 4.78 is 13.2. The third kappa shape index (κ3) is 2.79. The fourth-order valence-electron chi connectivity index (χ4n) is 2.43. The van der Waals surface area contributed by atoms with Gasteiger partial charge in [0.05, 0.1) is 21.6 Å². The fraction of sp³-hybridized carbons (Fsp3) is 0. The van der Waals surface area contributed by atoms with E-state index in [4.69, 9.17) is 0 Å². The molecule has 0 fully saturated rings. The first-order valence-corrected chi connectivity index (χ1v) is 8.17. The van der Waals surface area contributed by atoms with Crippen molar-refractivity contribution < 1.29 is 9.18 Å². The molecule has 2 aromatic heterocycles. The van der Waals surface area contributed by atoms with Crippen LogP contribution in [-0.4, -0.2) is 15.9 Å². The van der Waals surface area contributed by atoms with Gasteiger partial charge < -0.3 is 10.3 Å². The molecule has 0 unspecified atom stereocenters. The number of rotatable bonds is 3. The number of carbonyl (C=O) groups excluding carboxylic acids is 1. The Labute approximate surface area is 141 Å². The molecule has 1 amide bonds. The summed E-state index contributed by atoms with van der Waals surface area (Å²) >= 11 is 1.48. The number of halogens is 1. The number of amides is 1. The number of nitrogens with one attached hydrogen (secondary N) is 2. The van der Waals surface area contributed by atoms with Crippen molar-refractivity contribution in [3.8, 4) is 10.7 Å². The monoisotopic (exact) mass is 337 g/mol. The van der Waals surface area contributed by atoms with Crippen LogP contribution in [0.1, 0.15) is 10.4 Å². The Hall–Kier alpha value is -2.99. The van der Waals surface area contributed by atoms with Crippen LogP contribution < -0.4 is 5.32 Å². The van der Waals surface area contributed by atoms with Crippen LogP contribution in [0.15, 0.2) is 60.0 Å². The van der Waals surface area contributed by atoms with Crippen LogP contribution >= 0.6 is 11.3 Å². The number of para-hydroxylation sites is 2. The second-order valence-corrected chi connectivity index (χ2v) is 6.18. The van der Waals surface area contributed by atoms with Gasteiger partial charge in [-0.3, -0.25) is 4.79 Å².